The molecular formula is C19H26N2O5. The lowest BCUT2D eigenvalue weighted by molar-refractivity contribution is -0.123. The molecule has 1 aromatic carbocycles. The Labute approximate surface area is 153 Å². The van der Waals surface area contributed by atoms with Gasteiger partial charge in [-0.05, 0) is 25.7 Å². The summed E-state index contributed by atoms with van der Waals surface area (Å²) in [5, 5.41) is 3.10. The van der Waals surface area contributed by atoms with E-state index in [0.29, 0.717) is 35.9 Å². The fraction of sp³-hybridized carbons (Fsp3) is 0.579. The van der Waals surface area contributed by atoms with Gasteiger partial charge in [-0.25, -0.2) is 0 Å². The van der Waals surface area contributed by atoms with Gasteiger partial charge in [-0.3, -0.25) is 9.59 Å². The molecule has 1 aliphatic heterocycles. The Hall–Kier alpha value is -2.44. The van der Waals surface area contributed by atoms with E-state index in [1.165, 1.54) is 14.2 Å². The Bertz CT molecular complexity index is 679. The molecular weight excluding hydrogens is 336 g/mol. The normalized spacial score (nSPS) is 17.6. The molecule has 0 radical (unpaired) electrons. The number of nitrogens with zero attached hydrogens (tertiary/aromatic N) is 1. The molecule has 0 bridgehead atoms. The molecule has 2 fully saturated rings. The lowest BCUT2D eigenvalue weighted by Crippen LogP contribution is -2.47. The number of carbonyl (C=O) groups is 2. The lowest BCUT2D eigenvalue weighted by Gasteiger charge is -2.33. The first-order valence-corrected chi connectivity index (χ1v) is 8.97. The van der Waals surface area contributed by atoms with Gasteiger partial charge in [0.25, 0.3) is 5.91 Å². The van der Waals surface area contributed by atoms with Crippen LogP contribution in [0.2, 0.25) is 0 Å². The number of ether oxygens (including phenoxy) is 3. The molecule has 142 valence electrons. The van der Waals surface area contributed by atoms with Crippen LogP contribution in [-0.2, 0) is 4.79 Å². The van der Waals surface area contributed by atoms with Crippen LogP contribution in [0.3, 0.4) is 0 Å². The number of piperidine rings is 1. The molecule has 2 aliphatic rings. The van der Waals surface area contributed by atoms with Gasteiger partial charge >= 0.3 is 0 Å². The summed E-state index contributed by atoms with van der Waals surface area (Å²) in [5.41, 5.74) is 0.450. The summed E-state index contributed by atoms with van der Waals surface area (Å²) in [6.45, 7) is 1.21. The Morgan fingerprint density at radius 1 is 0.923 bits per heavy atom. The minimum Gasteiger partial charge on any atom is -0.496 e. The molecule has 1 aliphatic carbocycles. The van der Waals surface area contributed by atoms with Crippen molar-refractivity contribution in [2.75, 3.05) is 34.4 Å². The zero-order chi connectivity index (χ0) is 18.7. The Morgan fingerprint density at radius 3 is 2.04 bits per heavy atom. The van der Waals surface area contributed by atoms with E-state index < -0.39 is 0 Å². The van der Waals surface area contributed by atoms with E-state index in [9.17, 15) is 9.59 Å². The van der Waals surface area contributed by atoms with Crippen molar-refractivity contribution in [1.29, 1.82) is 0 Å². The number of rotatable bonds is 6. The molecule has 1 heterocycles. The highest BCUT2D eigenvalue weighted by molar-refractivity contribution is 5.98. The second-order valence-corrected chi connectivity index (χ2v) is 6.76. The second kappa shape index (κ2) is 7.85. The average Bonchev–Trinajstić information content (AvgIpc) is 3.52. The largest absolute Gasteiger partial charge is 0.496 e. The van der Waals surface area contributed by atoms with E-state index in [-0.39, 0.29) is 23.8 Å². The Kier molecular flexibility index (Phi) is 5.54. The molecule has 7 heteroatoms. The second-order valence-electron chi connectivity index (χ2n) is 6.76. The summed E-state index contributed by atoms with van der Waals surface area (Å²) in [4.78, 5) is 26.6. The van der Waals surface area contributed by atoms with Gasteiger partial charge in [0, 0.05) is 37.2 Å². The summed E-state index contributed by atoms with van der Waals surface area (Å²) in [6, 6.07) is 3.47. The van der Waals surface area contributed by atoms with E-state index in [1.54, 1.807) is 24.1 Å². The first-order valence-electron chi connectivity index (χ1n) is 8.97. The molecule has 7 nitrogen and oxygen atoms in total. The molecule has 1 N–H and O–H groups in total. The summed E-state index contributed by atoms with van der Waals surface area (Å²) < 4.78 is 15.9. The summed E-state index contributed by atoms with van der Waals surface area (Å²) in [7, 11) is 4.60. The van der Waals surface area contributed by atoms with Crippen molar-refractivity contribution in [2.24, 2.45) is 5.92 Å². The van der Waals surface area contributed by atoms with Crippen LogP contribution in [0, 0.1) is 5.92 Å². The van der Waals surface area contributed by atoms with Crippen molar-refractivity contribution in [3.63, 3.8) is 0 Å². The molecule has 0 unspecified atom stereocenters. The van der Waals surface area contributed by atoms with Gasteiger partial charge in [0.15, 0.2) is 11.5 Å². The van der Waals surface area contributed by atoms with Crippen LogP contribution in [0.1, 0.15) is 36.0 Å². The Morgan fingerprint density at radius 2 is 1.50 bits per heavy atom. The quantitative estimate of drug-likeness (QED) is 0.836. The minimum absolute atomic E-state index is 0.102. The van der Waals surface area contributed by atoms with Crippen molar-refractivity contribution in [3.8, 4) is 17.2 Å². The van der Waals surface area contributed by atoms with Crippen LogP contribution in [0.5, 0.6) is 17.2 Å². The number of amides is 2. The van der Waals surface area contributed by atoms with Gasteiger partial charge in [-0.2, -0.15) is 0 Å². The minimum atomic E-state index is -0.102. The van der Waals surface area contributed by atoms with Crippen LogP contribution >= 0.6 is 0 Å². The highest BCUT2D eigenvalue weighted by atomic mass is 16.5. The molecule has 0 spiro atoms. The van der Waals surface area contributed by atoms with Gasteiger partial charge < -0.3 is 24.4 Å². The first-order chi connectivity index (χ1) is 12.6. The molecule has 26 heavy (non-hydrogen) atoms. The van der Waals surface area contributed by atoms with Crippen LogP contribution in [0.15, 0.2) is 12.1 Å². The summed E-state index contributed by atoms with van der Waals surface area (Å²) in [6.07, 6.45) is 3.53. The maximum Gasteiger partial charge on any atom is 0.257 e. The molecule has 3 rings (SSSR count). The third-order valence-electron chi connectivity index (χ3n) is 5.01. The van der Waals surface area contributed by atoms with E-state index in [2.05, 4.69) is 5.32 Å². The zero-order valence-electron chi connectivity index (χ0n) is 15.5. The number of benzene rings is 1. The van der Waals surface area contributed by atoms with Crippen LogP contribution in [0.25, 0.3) is 0 Å². The molecule has 1 saturated heterocycles. The maximum absolute atomic E-state index is 13.0. The fourth-order valence-corrected chi connectivity index (χ4v) is 3.26. The molecule has 0 atom stereocenters. The van der Waals surface area contributed by atoms with Crippen LogP contribution in [-0.4, -0.2) is 57.2 Å². The van der Waals surface area contributed by atoms with Crippen LogP contribution in [0.4, 0.5) is 0 Å². The number of nitrogens with one attached hydrogen (secondary N) is 1. The number of likely N-dealkylation sites (tertiary alicyclic amines) is 1. The maximum atomic E-state index is 13.0. The standard InChI is InChI=1S/C19H26N2O5/c1-24-15-11-17(26-3)16(25-2)10-14(15)19(23)21-8-6-13(7-9-21)20-18(22)12-4-5-12/h10-13H,4-9H2,1-3H3,(H,20,22). The lowest BCUT2D eigenvalue weighted by atomic mass is 10.0. The van der Waals surface area contributed by atoms with Crippen molar-refractivity contribution in [3.05, 3.63) is 17.7 Å². The Balaban J connectivity index is 1.67. The third kappa shape index (κ3) is 3.86. The predicted molar refractivity (Wildman–Crippen MR) is 95.9 cm³/mol. The van der Waals surface area contributed by atoms with Gasteiger partial charge in [-0.1, -0.05) is 0 Å². The van der Waals surface area contributed by atoms with Gasteiger partial charge in [0.1, 0.15) is 5.75 Å². The van der Waals surface area contributed by atoms with Crippen LogP contribution < -0.4 is 19.5 Å². The van der Waals surface area contributed by atoms with Gasteiger partial charge in [0.2, 0.25) is 5.91 Å². The fourth-order valence-electron chi connectivity index (χ4n) is 3.26. The number of hydrogen-bond acceptors (Lipinski definition) is 5. The number of hydrogen-bond donors (Lipinski definition) is 1. The highest BCUT2D eigenvalue weighted by Gasteiger charge is 2.33. The molecule has 2 amide bonds. The predicted octanol–water partition coefficient (Wildman–Crippen LogP) is 1.84. The highest BCUT2D eigenvalue weighted by Crippen LogP contribution is 2.35. The van der Waals surface area contributed by atoms with Gasteiger partial charge in [-0.15, -0.1) is 0 Å². The monoisotopic (exact) mass is 362 g/mol. The van der Waals surface area contributed by atoms with E-state index >= 15 is 0 Å². The average molecular weight is 362 g/mol. The van der Waals surface area contributed by atoms with E-state index in [4.69, 9.17) is 14.2 Å². The topological polar surface area (TPSA) is 77.1 Å². The number of carbonyl (C=O) groups excluding carboxylic acids is 2. The molecule has 1 aromatic rings. The summed E-state index contributed by atoms with van der Waals surface area (Å²) in [5.74, 6) is 1.74. The van der Waals surface area contributed by atoms with Crippen molar-refractivity contribution in [2.45, 2.75) is 31.7 Å². The third-order valence-corrected chi connectivity index (χ3v) is 5.01. The molecule has 1 saturated carbocycles. The van der Waals surface area contributed by atoms with Gasteiger partial charge in [0.05, 0.1) is 26.9 Å². The molecule has 0 aromatic heterocycles. The van der Waals surface area contributed by atoms with Crippen molar-refractivity contribution >= 4 is 11.8 Å². The first kappa shape index (κ1) is 18.4. The SMILES string of the molecule is COc1cc(OC)c(C(=O)N2CCC(NC(=O)C3CC3)CC2)cc1OC. The number of methoxy groups -OCH3 is 3. The van der Waals surface area contributed by atoms with Crippen molar-refractivity contribution < 1.29 is 23.8 Å². The van der Waals surface area contributed by atoms with E-state index in [1.807, 2.05) is 0 Å². The smallest absolute Gasteiger partial charge is 0.257 e. The van der Waals surface area contributed by atoms with E-state index in [0.717, 1.165) is 25.7 Å². The summed E-state index contributed by atoms with van der Waals surface area (Å²) >= 11 is 0. The zero-order valence-corrected chi connectivity index (χ0v) is 15.5. The van der Waals surface area contributed by atoms with Crippen molar-refractivity contribution in [1.82, 2.24) is 10.2 Å².